The first-order valence-corrected chi connectivity index (χ1v) is 9.09. The van der Waals surface area contributed by atoms with Crippen LogP contribution in [0.15, 0.2) is 29.0 Å². The fraction of sp³-hybridized carbons (Fsp3) is 0.474. The summed E-state index contributed by atoms with van der Waals surface area (Å²) < 4.78 is 7.35. The first-order chi connectivity index (χ1) is 12.5. The van der Waals surface area contributed by atoms with E-state index in [1.807, 2.05) is 54.6 Å². The van der Waals surface area contributed by atoms with Crippen LogP contribution in [0.3, 0.4) is 0 Å². The number of fused-ring (bicyclic) bond motifs is 1. The molecule has 3 aromatic heterocycles. The van der Waals surface area contributed by atoms with Crippen molar-refractivity contribution in [3.63, 3.8) is 0 Å². The van der Waals surface area contributed by atoms with Crippen molar-refractivity contribution in [3.05, 3.63) is 47.5 Å². The van der Waals surface area contributed by atoms with Gasteiger partial charge in [0.05, 0.1) is 17.2 Å². The lowest BCUT2D eigenvalue weighted by Gasteiger charge is -2.31. The smallest absolute Gasteiger partial charge is 0.255 e. The molecule has 3 aromatic rings. The number of nitrogens with zero attached hydrogens (tertiary/aromatic N) is 5. The van der Waals surface area contributed by atoms with Gasteiger partial charge in [0, 0.05) is 31.4 Å². The van der Waals surface area contributed by atoms with Gasteiger partial charge in [-0.05, 0) is 31.9 Å². The SMILES string of the molecule is Cc1cn2cc(C(=O)N3CCC[C@H](c4nc(C(C)C)no4)C3)ccc2n1. The molecule has 4 heterocycles. The Morgan fingerprint density at radius 3 is 2.88 bits per heavy atom. The molecule has 4 rings (SSSR count). The second-order valence-electron chi connectivity index (χ2n) is 7.30. The van der Waals surface area contributed by atoms with E-state index >= 15 is 0 Å². The zero-order valence-electron chi connectivity index (χ0n) is 15.3. The van der Waals surface area contributed by atoms with E-state index < -0.39 is 0 Å². The molecule has 7 heteroatoms. The predicted molar refractivity (Wildman–Crippen MR) is 96.2 cm³/mol. The van der Waals surface area contributed by atoms with Crippen molar-refractivity contribution in [2.24, 2.45) is 0 Å². The molecule has 1 aliphatic rings. The average Bonchev–Trinajstić information content (AvgIpc) is 3.26. The molecule has 0 saturated carbocycles. The highest BCUT2D eigenvalue weighted by Gasteiger charge is 2.29. The third-order valence-corrected chi connectivity index (χ3v) is 4.85. The largest absolute Gasteiger partial charge is 0.339 e. The zero-order chi connectivity index (χ0) is 18.3. The van der Waals surface area contributed by atoms with Gasteiger partial charge in [-0.25, -0.2) is 4.98 Å². The van der Waals surface area contributed by atoms with Crippen LogP contribution in [0.25, 0.3) is 5.65 Å². The van der Waals surface area contributed by atoms with E-state index in [4.69, 9.17) is 4.52 Å². The molecule has 7 nitrogen and oxygen atoms in total. The van der Waals surface area contributed by atoms with E-state index in [2.05, 4.69) is 15.1 Å². The Labute approximate surface area is 152 Å². The Hall–Kier alpha value is -2.70. The van der Waals surface area contributed by atoms with Gasteiger partial charge in [0.15, 0.2) is 5.82 Å². The molecule has 0 spiro atoms. The Balaban J connectivity index is 1.53. The van der Waals surface area contributed by atoms with E-state index in [1.165, 1.54) is 0 Å². The molecule has 26 heavy (non-hydrogen) atoms. The van der Waals surface area contributed by atoms with Crippen LogP contribution in [0.4, 0.5) is 0 Å². The third kappa shape index (κ3) is 3.09. The van der Waals surface area contributed by atoms with Crippen molar-refractivity contribution < 1.29 is 9.32 Å². The first kappa shape index (κ1) is 16.8. The number of piperidine rings is 1. The van der Waals surface area contributed by atoms with Crippen LogP contribution < -0.4 is 0 Å². The summed E-state index contributed by atoms with van der Waals surface area (Å²) in [5.74, 6) is 1.74. The molecule has 1 fully saturated rings. The van der Waals surface area contributed by atoms with Gasteiger partial charge in [0.2, 0.25) is 5.89 Å². The van der Waals surface area contributed by atoms with E-state index in [9.17, 15) is 4.79 Å². The van der Waals surface area contributed by atoms with Crippen LogP contribution in [0, 0.1) is 6.92 Å². The molecule has 0 bridgehead atoms. The van der Waals surface area contributed by atoms with Crippen LogP contribution in [-0.4, -0.2) is 43.4 Å². The number of carbonyl (C=O) groups is 1. The Morgan fingerprint density at radius 1 is 1.27 bits per heavy atom. The van der Waals surface area contributed by atoms with Crippen LogP contribution in [0.5, 0.6) is 0 Å². The van der Waals surface area contributed by atoms with Crippen molar-refractivity contribution in [2.75, 3.05) is 13.1 Å². The van der Waals surface area contributed by atoms with Crippen LogP contribution in [0.2, 0.25) is 0 Å². The summed E-state index contributed by atoms with van der Waals surface area (Å²) in [4.78, 5) is 23.8. The lowest BCUT2D eigenvalue weighted by molar-refractivity contribution is 0.0695. The highest BCUT2D eigenvalue weighted by molar-refractivity contribution is 5.94. The minimum Gasteiger partial charge on any atom is -0.339 e. The van der Waals surface area contributed by atoms with Gasteiger partial charge < -0.3 is 13.8 Å². The number of rotatable bonds is 3. The number of aromatic nitrogens is 4. The molecule has 1 atom stereocenters. The topological polar surface area (TPSA) is 76.5 Å². The van der Waals surface area contributed by atoms with E-state index in [0.29, 0.717) is 18.0 Å². The maximum Gasteiger partial charge on any atom is 0.255 e. The number of aryl methyl sites for hydroxylation is 1. The Bertz CT molecular complexity index is 942. The summed E-state index contributed by atoms with van der Waals surface area (Å²) in [6, 6.07) is 3.73. The van der Waals surface area contributed by atoms with Gasteiger partial charge in [0.1, 0.15) is 5.65 Å². The molecule has 1 saturated heterocycles. The normalized spacial score (nSPS) is 18.0. The van der Waals surface area contributed by atoms with Crippen LogP contribution >= 0.6 is 0 Å². The molecule has 136 valence electrons. The molecule has 0 aromatic carbocycles. The molecular weight excluding hydrogens is 330 g/mol. The summed E-state index contributed by atoms with van der Waals surface area (Å²) >= 11 is 0. The highest BCUT2D eigenvalue weighted by Crippen LogP contribution is 2.27. The number of pyridine rings is 1. The number of amides is 1. The fourth-order valence-electron chi connectivity index (χ4n) is 3.44. The second kappa shape index (κ2) is 6.55. The number of carbonyl (C=O) groups excluding carboxylic acids is 1. The monoisotopic (exact) mass is 353 g/mol. The maximum absolute atomic E-state index is 13.0. The van der Waals surface area contributed by atoms with E-state index in [-0.39, 0.29) is 17.7 Å². The minimum absolute atomic E-state index is 0.0338. The quantitative estimate of drug-likeness (QED) is 0.723. The fourth-order valence-corrected chi connectivity index (χ4v) is 3.44. The standard InChI is InChI=1S/C19H23N5O2/c1-12(2)17-21-18(26-22-17)14-5-4-8-23(10-14)19(25)15-6-7-16-20-13(3)9-24(16)11-15/h6-7,9,11-12,14H,4-5,8,10H2,1-3H3/t14-/m0/s1. The van der Waals surface area contributed by atoms with Gasteiger partial charge in [-0.1, -0.05) is 19.0 Å². The third-order valence-electron chi connectivity index (χ3n) is 4.85. The lowest BCUT2D eigenvalue weighted by atomic mass is 9.97. The molecule has 1 amide bonds. The van der Waals surface area contributed by atoms with Crippen molar-refractivity contribution >= 4 is 11.6 Å². The molecule has 0 aliphatic carbocycles. The summed E-state index contributed by atoms with van der Waals surface area (Å²) in [6.07, 6.45) is 5.67. The maximum atomic E-state index is 13.0. The second-order valence-corrected chi connectivity index (χ2v) is 7.30. The van der Waals surface area contributed by atoms with Gasteiger partial charge in [-0.15, -0.1) is 0 Å². The van der Waals surface area contributed by atoms with Crippen LogP contribution in [0.1, 0.15) is 66.3 Å². The van der Waals surface area contributed by atoms with Crippen molar-refractivity contribution in [1.82, 2.24) is 24.4 Å². The van der Waals surface area contributed by atoms with Crippen LogP contribution in [-0.2, 0) is 0 Å². The summed E-state index contributed by atoms with van der Waals surface area (Å²) in [6.45, 7) is 7.39. The van der Waals surface area contributed by atoms with E-state index in [1.54, 1.807) is 0 Å². The summed E-state index contributed by atoms with van der Waals surface area (Å²) in [7, 11) is 0. The highest BCUT2D eigenvalue weighted by atomic mass is 16.5. The Kier molecular flexibility index (Phi) is 4.22. The summed E-state index contributed by atoms with van der Waals surface area (Å²) in [5.41, 5.74) is 2.46. The van der Waals surface area contributed by atoms with Gasteiger partial charge in [-0.2, -0.15) is 4.98 Å². The number of likely N-dealkylation sites (tertiary alicyclic amines) is 1. The van der Waals surface area contributed by atoms with Crippen molar-refractivity contribution in [3.8, 4) is 0 Å². The van der Waals surface area contributed by atoms with Gasteiger partial charge in [0.25, 0.3) is 5.91 Å². The number of hydrogen-bond acceptors (Lipinski definition) is 5. The molecule has 1 aliphatic heterocycles. The Morgan fingerprint density at radius 2 is 2.12 bits per heavy atom. The van der Waals surface area contributed by atoms with Crippen molar-refractivity contribution in [2.45, 2.75) is 45.4 Å². The zero-order valence-corrected chi connectivity index (χ0v) is 15.3. The number of imidazole rings is 1. The predicted octanol–water partition coefficient (Wildman–Crippen LogP) is 3.17. The molecule has 0 N–H and O–H groups in total. The first-order valence-electron chi connectivity index (χ1n) is 9.09. The summed E-state index contributed by atoms with van der Waals surface area (Å²) in [5, 5.41) is 4.06. The molecule has 0 unspecified atom stereocenters. The van der Waals surface area contributed by atoms with Gasteiger partial charge in [-0.3, -0.25) is 4.79 Å². The van der Waals surface area contributed by atoms with Crippen molar-refractivity contribution in [1.29, 1.82) is 0 Å². The molecular formula is C19H23N5O2. The number of hydrogen-bond donors (Lipinski definition) is 0. The minimum atomic E-state index is 0.0338. The lowest BCUT2D eigenvalue weighted by Crippen LogP contribution is -2.39. The molecule has 0 radical (unpaired) electrons. The van der Waals surface area contributed by atoms with Gasteiger partial charge >= 0.3 is 0 Å². The van der Waals surface area contributed by atoms with E-state index in [0.717, 1.165) is 36.6 Å². The average molecular weight is 353 g/mol.